The minimum Gasteiger partial charge on any atom is -0.336 e. The lowest BCUT2D eigenvalue weighted by molar-refractivity contribution is 0.0743. The Hall–Kier alpha value is -1.11. The van der Waals surface area contributed by atoms with Crippen LogP contribution in [0.25, 0.3) is 0 Å². The molecule has 1 aliphatic rings. The van der Waals surface area contributed by atoms with Crippen molar-refractivity contribution in [2.24, 2.45) is 5.73 Å². The van der Waals surface area contributed by atoms with Gasteiger partial charge in [-0.3, -0.25) is 4.79 Å². The molecule has 1 aliphatic heterocycles. The van der Waals surface area contributed by atoms with Crippen molar-refractivity contribution >= 4 is 28.2 Å². The summed E-state index contributed by atoms with van der Waals surface area (Å²) < 4.78 is 23.0. The van der Waals surface area contributed by atoms with Crippen LogP contribution in [-0.4, -0.2) is 42.8 Å². The van der Waals surface area contributed by atoms with Crippen molar-refractivity contribution in [3.8, 4) is 0 Å². The minimum absolute atomic E-state index is 0. The Morgan fingerprint density at radius 3 is 2.33 bits per heavy atom. The fourth-order valence-electron chi connectivity index (χ4n) is 2.28. The minimum atomic E-state index is -3.13. The zero-order chi connectivity index (χ0) is 15.0. The first kappa shape index (κ1) is 17.9. The standard InChI is InChI=1S/C14H20N2O3S.ClH/c1-14(2)10-16(7-8-20(14,18)19)13(17)12-5-3-11(9-15)4-6-12;/h3-6H,7-10,15H2,1-2H3;1H. The van der Waals surface area contributed by atoms with Crippen LogP contribution in [0.15, 0.2) is 24.3 Å². The number of benzene rings is 1. The van der Waals surface area contributed by atoms with E-state index in [1.165, 1.54) is 0 Å². The Kier molecular flexibility index (Phi) is 5.41. The molecule has 2 N–H and O–H groups in total. The SMILES string of the molecule is CC1(C)CN(C(=O)c2ccc(CN)cc2)CCS1(=O)=O.Cl. The first-order valence-electron chi connectivity index (χ1n) is 6.57. The molecule has 1 amide bonds. The number of sulfone groups is 1. The third-order valence-electron chi connectivity index (χ3n) is 3.77. The number of carbonyl (C=O) groups is 1. The highest BCUT2D eigenvalue weighted by molar-refractivity contribution is 7.92. The molecular formula is C14H21ClN2O3S. The fraction of sp³-hybridized carbons (Fsp3) is 0.500. The van der Waals surface area contributed by atoms with Crippen molar-refractivity contribution in [1.82, 2.24) is 4.90 Å². The Morgan fingerprint density at radius 2 is 1.86 bits per heavy atom. The second-order valence-electron chi connectivity index (χ2n) is 5.71. The maximum atomic E-state index is 12.4. The van der Waals surface area contributed by atoms with Crippen LogP contribution < -0.4 is 5.73 Å². The zero-order valence-corrected chi connectivity index (χ0v) is 13.8. The second-order valence-corrected chi connectivity index (χ2v) is 8.45. The molecule has 1 aromatic carbocycles. The Morgan fingerprint density at radius 1 is 1.29 bits per heavy atom. The Balaban J connectivity index is 0.00000220. The van der Waals surface area contributed by atoms with Crippen LogP contribution in [0.5, 0.6) is 0 Å². The average Bonchev–Trinajstić information content (AvgIpc) is 2.41. The van der Waals surface area contributed by atoms with Gasteiger partial charge in [-0.1, -0.05) is 12.1 Å². The molecule has 0 aliphatic carbocycles. The highest BCUT2D eigenvalue weighted by atomic mass is 35.5. The molecule has 0 spiro atoms. The summed E-state index contributed by atoms with van der Waals surface area (Å²) in [6.07, 6.45) is 0. The largest absolute Gasteiger partial charge is 0.336 e. The number of rotatable bonds is 2. The summed E-state index contributed by atoms with van der Waals surface area (Å²) >= 11 is 0. The fourth-order valence-corrected chi connectivity index (χ4v) is 3.65. The number of halogens is 1. The van der Waals surface area contributed by atoms with Crippen LogP contribution >= 0.6 is 12.4 Å². The lowest BCUT2D eigenvalue weighted by atomic mass is 10.1. The number of carbonyl (C=O) groups excluding carboxylic acids is 1. The van der Waals surface area contributed by atoms with Crippen molar-refractivity contribution in [2.45, 2.75) is 25.1 Å². The van der Waals surface area contributed by atoms with Gasteiger partial charge < -0.3 is 10.6 Å². The van der Waals surface area contributed by atoms with E-state index in [1.807, 2.05) is 12.1 Å². The molecule has 118 valence electrons. The van der Waals surface area contributed by atoms with Gasteiger partial charge in [0.25, 0.3) is 5.91 Å². The number of nitrogens with zero attached hydrogens (tertiary/aromatic N) is 1. The van der Waals surface area contributed by atoms with Gasteiger partial charge in [0.2, 0.25) is 0 Å². The summed E-state index contributed by atoms with van der Waals surface area (Å²) in [6.45, 7) is 4.25. The molecular weight excluding hydrogens is 312 g/mol. The number of hydrogen-bond donors (Lipinski definition) is 1. The summed E-state index contributed by atoms with van der Waals surface area (Å²) in [4.78, 5) is 14.0. The Labute approximate surface area is 131 Å². The van der Waals surface area contributed by atoms with Gasteiger partial charge in [0.15, 0.2) is 9.84 Å². The second kappa shape index (κ2) is 6.34. The van der Waals surface area contributed by atoms with Crippen molar-refractivity contribution in [1.29, 1.82) is 0 Å². The van der Waals surface area contributed by atoms with Crippen LogP contribution in [-0.2, 0) is 16.4 Å². The number of hydrogen-bond acceptors (Lipinski definition) is 4. The molecule has 1 fully saturated rings. The highest BCUT2D eigenvalue weighted by Gasteiger charge is 2.41. The lowest BCUT2D eigenvalue weighted by Crippen LogP contribution is -2.54. The predicted molar refractivity (Wildman–Crippen MR) is 85.4 cm³/mol. The number of amides is 1. The molecule has 0 saturated carbocycles. The van der Waals surface area contributed by atoms with Gasteiger partial charge in [0.1, 0.15) is 0 Å². The normalized spacial score (nSPS) is 19.7. The van der Waals surface area contributed by atoms with E-state index in [2.05, 4.69) is 0 Å². The van der Waals surface area contributed by atoms with Crippen molar-refractivity contribution in [2.75, 3.05) is 18.8 Å². The van der Waals surface area contributed by atoms with Gasteiger partial charge in [-0.15, -0.1) is 12.4 Å². The van der Waals surface area contributed by atoms with E-state index in [4.69, 9.17) is 5.73 Å². The van der Waals surface area contributed by atoms with Crippen LogP contribution in [0.4, 0.5) is 0 Å². The molecule has 21 heavy (non-hydrogen) atoms. The van der Waals surface area contributed by atoms with E-state index in [0.717, 1.165) is 5.56 Å². The van der Waals surface area contributed by atoms with Gasteiger partial charge in [-0.25, -0.2) is 8.42 Å². The summed E-state index contributed by atoms with van der Waals surface area (Å²) in [5.41, 5.74) is 7.05. The third-order valence-corrected chi connectivity index (χ3v) is 6.30. The predicted octanol–water partition coefficient (Wildman–Crippen LogP) is 1.22. The lowest BCUT2D eigenvalue weighted by Gasteiger charge is -2.37. The average molecular weight is 333 g/mol. The van der Waals surface area contributed by atoms with Crippen LogP contribution in [0.1, 0.15) is 29.8 Å². The van der Waals surface area contributed by atoms with Crippen molar-refractivity contribution in [3.63, 3.8) is 0 Å². The molecule has 5 nitrogen and oxygen atoms in total. The monoisotopic (exact) mass is 332 g/mol. The van der Waals surface area contributed by atoms with Gasteiger partial charge in [-0.2, -0.15) is 0 Å². The van der Waals surface area contributed by atoms with E-state index >= 15 is 0 Å². The maximum Gasteiger partial charge on any atom is 0.253 e. The molecule has 0 bridgehead atoms. The molecule has 1 saturated heterocycles. The summed E-state index contributed by atoms with van der Waals surface area (Å²) in [7, 11) is -3.13. The third kappa shape index (κ3) is 3.56. The van der Waals surface area contributed by atoms with E-state index in [-0.39, 0.29) is 37.2 Å². The molecule has 2 rings (SSSR count). The van der Waals surface area contributed by atoms with Gasteiger partial charge in [0, 0.05) is 25.2 Å². The van der Waals surface area contributed by atoms with E-state index in [0.29, 0.717) is 12.1 Å². The smallest absolute Gasteiger partial charge is 0.253 e. The molecule has 0 unspecified atom stereocenters. The topological polar surface area (TPSA) is 80.5 Å². The molecule has 7 heteroatoms. The van der Waals surface area contributed by atoms with Gasteiger partial charge >= 0.3 is 0 Å². The van der Waals surface area contributed by atoms with Gasteiger partial charge in [0.05, 0.1) is 10.5 Å². The van der Waals surface area contributed by atoms with E-state index in [9.17, 15) is 13.2 Å². The van der Waals surface area contributed by atoms with E-state index in [1.54, 1.807) is 30.9 Å². The van der Waals surface area contributed by atoms with E-state index < -0.39 is 14.6 Å². The van der Waals surface area contributed by atoms with Crippen LogP contribution in [0, 0.1) is 0 Å². The maximum absolute atomic E-state index is 12.4. The molecule has 0 atom stereocenters. The number of nitrogens with two attached hydrogens (primary N) is 1. The van der Waals surface area contributed by atoms with Crippen LogP contribution in [0.2, 0.25) is 0 Å². The van der Waals surface area contributed by atoms with Crippen molar-refractivity contribution < 1.29 is 13.2 Å². The van der Waals surface area contributed by atoms with Gasteiger partial charge in [-0.05, 0) is 31.5 Å². The van der Waals surface area contributed by atoms with Crippen molar-refractivity contribution in [3.05, 3.63) is 35.4 Å². The zero-order valence-electron chi connectivity index (χ0n) is 12.2. The molecule has 1 aromatic rings. The molecule has 0 aromatic heterocycles. The molecule has 1 heterocycles. The summed E-state index contributed by atoms with van der Waals surface area (Å²) in [5.74, 6) is -0.108. The summed E-state index contributed by atoms with van der Waals surface area (Å²) in [6, 6.07) is 7.11. The highest BCUT2D eigenvalue weighted by Crippen LogP contribution is 2.24. The van der Waals surface area contributed by atoms with Crippen LogP contribution in [0.3, 0.4) is 0 Å². The molecule has 0 radical (unpaired) electrons. The first-order valence-corrected chi connectivity index (χ1v) is 8.23. The first-order chi connectivity index (χ1) is 9.27. The summed E-state index contributed by atoms with van der Waals surface area (Å²) in [5, 5.41) is 0. The quantitative estimate of drug-likeness (QED) is 0.883. The Bertz CT molecular complexity index is 612.